The number of piperidine rings is 2. The van der Waals surface area contributed by atoms with Crippen LogP contribution in [-0.4, -0.2) is 86.2 Å². The summed E-state index contributed by atoms with van der Waals surface area (Å²) in [5.74, 6) is -1.84. The van der Waals surface area contributed by atoms with Crippen LogP contribution in [0.2, 0.25) is 0 Å². The Morgan fingerprint density at radius 3 is 2.21 bits per heavy atom. The van der Waals surface area contributed by atoms with Crippen LogP contribution in [0.5, 0.6) is 11.5 Å². The molecule has 0 unspecified atom stereocenters. The summed E-state index contributed by atoms with van der Waals surface area (Å²) in [5, 5.41) is 3.30. The van der Waals surface area contributed by atoms with Gasteiger partial charge in [0.2, 0.25) is 0 Å². The number of para-hydroxylation sites is 1. The van der Waals surface area contributed by atoms with E-state index in [2.05, 4.69) is 20.2 Å². The van der Waals surface area contributed by atoms with Gasteiger partial charge in [-0.25, -0.2) is 23.5 Å². The number of likely N-dealkylation sites (tertiary alicyclic amines) is 2. The molecular weight excluding hydrogens is 578 g/mol. The number of imidazole rings is 1. The van der Waals surface area contributed by atoms with E-state index < -0.39 is 24.2 Å². The average Bonchev–Trinajstić information content (AvgIpc) is 3.25. The van der Waals surface area contributed by atoms with Crippen molar-refractivity contribution >= 4 is 29.4 Å². The molecule has 228 valence electrons. The van der Waals surface area contributed by atoms with Gasteiger partial charge in [-0.05, 0) is 55.7 Å². The molecule has 43 heavy (non-hydrogen) atoms. The largest absolute Gasteiger partial charge is 0.457 e. The fraction of sp³-hybridized carbons (Fsp3) is 0.433. The first-order valence-electron chi connectivity index (χ1n) is 14.5. The topological polar surface area (TPSA) is 106 Å². The molecule has 3 fully saturated rings. The highest BCUT2D eigenvalue weighted by atomic mass is 35.5. The van der Waals surface area contributed by atoms with Crippen LogP contribution in [0.3, 0.4) is 0 Å². The van der Waals surface area contributed by atoms with Gasteiger partial charge in [-0.2, -0.15) is 0 Å². The third-order valence-electron chi connectivity index (χ3n) is 8.95. The SMILES string of the molecule is Cl.Nc1ncnc2c1n(-c1ccc(Oc3ccccc3)cc1)c(=O)n2[C@@H]1CCN(C2CCN(C3CNC3)CC2)CC1(F)F. The second-order valence-corrected chi connectivity index (χ2v) is 11.4. The van der Waals surface area contributed by atoms with Crippen LogP contribution in [0.1, 0.15) is 25.3 Å². The standard InChI is InChI=1S/C30H34F2N8O2.ClH/c31-30(32)18-38(20-10-13-37(14-11-20)22-16-34-17-22)15-12-25(30)40-28-26(27(33)35-19-36-28)39(29(40)41)21-6-8-24(9-7-21)42-23-4-2-1-3-5-23;/h1-9,19-20,22,25,34H,10-18H2,(H2,33,35,36);1H/t25-;/m1./s1. The molecule has 3 aliphatic rings. The molecule has 0 bridgehead atoms. The second-order valence-electron chi connectivity index (χ2n) is 11.4. The maximum absolute atomic E-state index is 16.0. The normalized spacial score (nSPS) is 21.8. The number of rotatable bonds is 6. The zero-order valence-corrected chi connectivity index (χ0v) is 24.4. The van der Waals surface area contributed by atoms with Gasteiger partial charge in [0.15, 0.2) is 11.5 Å². The van der Waals surface area contributed by atoms with Crippen molar-refractivity contribution < 1.29 is 13.5 Å². The molecular formula is C30H35ClF2N8O2. The quantitative estimate of drug-likeness (QED) is 0.340. The van der Waals surface area contributed by atoms with E-state index in [-0.39, 0.29) is 41.9 Å². The number of nitrogens with two attached hydrogens (primary N) is 1. The Hall–Kier alpha value is -3.58. The number of halogens is 3. The Bertz CT molecular complexity index is 1620. The minimum atomic E-state index is -3.14. The van der Waals surface area contributed by atoms with E-state index in [9.17, 15) is 4.79 Å². The predicted molar refractivity (Wildman–Crippen MR) is 163 cm³/mol. The van der Waals surface area contributed by atoms with Gasteiger partial charge in [0, 0.05) is 44.8 Å². The molecule has 0 amide bonds. The van der Waals surface area contributed by atoms with E-state index in [0.29, 0.717) is 29.8 Å². The Balaban J connectivity index is 0.00000329. The van der Waals surface area contributed by atoms with E-state index in [1.54, 1.807) is 24.3 Å². The van der Waals surface area contributed by atoms with Crippen molar-refractivity contribution in [3.8, 4) is 17.2 Å². The molecule has 2 aromatic carbocycles. The smallest absolute Gasteiger partial charge is 0.335 e. The molecule has 0 spiro atoms. The highest BCUT2D eigenvalue weighted by Gasteiger charge is 2.49. The van der Waals surface area contributed by atoms with Crippen molar-refractivity contribution in [2.75, 3.05) is 45.0 Å². The summed E-state index contributed by atoms with van der Waals surface area (Å²) in [4.78, 5) is 26.7. The van der Waals surface area contributed by atoms with Crippen molar-refractivity contribution in [2.24, 2.45) is 0 Å². The van der Waals surface area contributed by atoms with Gasteiger partial charge in [-0.15, -0.1) is 12.4 Å². The summed E-state index contributed by atoms with van der Waals surface area (Å²) in [6.45, 7) is 3.98. The van der Waals surface area contributed by atoms with Crippen molar-refractivity contribution in [3.05, 3.63) is 71.4 Å². The minimum absolute atomic E-state index is 0. The average molecular weight is 613 g/mol. The molecule has 0 aliphatic carbocycles. The van der Waals surface area contributed by atoms with Gasteiger partial charge in [-0.3, -0.25) is 18.9 Å². The third kappa shape index (κ3) is 5.48. The molecule has 13 heteroatoms. The highest BCUT2D eigenvalue weighted by Crippen LogP contribution is 2.40. The van der Waals surface area contributed by atoms with Crippen molar-refractivity contribution in [3.63, 3.8) is 0 Å². The van der Waals surface area contributed by atoms with Crippen LogP contribution in [0.4, 0.5) is 14.6 Å². The number of benzene rings is 2. The van der Waals surface area contributed by atoms with E-state index >= 15 is 8.78 Å². The number of aromatic nitrogens is 4. The molecule has 3 N–H and O–H groups in total. The molecule has 10 nitrogen and oxygen atoms in total. The maximum atomic E-state index is 16.0. The Morgan fingerprint density at radius 1 is 0.884 bits per heavy atom. The Morgan fingerprint density at radius 2 is 1.56 bits per heavy atom. The van der Waals surface area contributed by atoms with Gasteiger partial charge < -0.3 is 15.8 Å². The zero-order chi connectivity index (χ0) is 28.8. The van der Waals surface area contributed by atoms with Crippen molar-refractivity contribution in [2.45, 2.75) is 43.3 Å². The summed E-state index contributed by atoms with van der Waals surface area (Å²) >= 11 is 0. The molecule has 3 saturated heterocycles. The van der Waals surface area contributed by atoms with E-state index in [1.165, 1.54) is 10.9 Å². The molecule has 4 aromatic rings. The lowest BCUT2D eigenvalue weighted by atomic mass is 9.94. The lowest BCUT2D eigenvalue weighted by Gasteiger charge is -2.47. The van der Waals surface area contributed by atoms with Gasteiger partial charge in [-0.1, -0.05) is 18.2 Å². The molecule has 7 rings (SSSR count). The number of nitrogen functional groups attached to an aromatic ring is 1. The number of alkyl halides is 2. The molecule has 2 aromatic heterocycles. The Kier molecular flexibility index (Phi) is 8.12. The number of ether oxygens (including phenoxy) is 1. The van der Waals surface area contributed by atoms with Crippen LogP contribution in [0, 0.1) is 0 Å². The van der Waals surface area contributed by atoms with E-state index in [0.717, 1.165) is 43.6 Å². The van der Waals surface area contributed by atoms with E-state index in [1.807, 2.05) is 35.2 Å². The number of hydrogen-bond acceptors (Lipinski definition) is 8. The van der Waals surface area contributed by atoms with Crippen LogP contribution in [0.25, 0.3) is 16.9 Å². The highest BCUT2D eigenvalue weighted by molar-refractivity contribution is 5.85. The summed E-state index contributed by atoms with van der Waals surface area (Å²) in [5.41, 5.74) is 6.39. The molecule has 3 aliphatic heterocycles. The van der Waals surface area contributed by atoms with Crippen LogP contribution in [0.15, 0.2) is 65.7 Å². The summed E-state index contributed by atoms with van der Waals surface area (Å²) in [6.07, 6.45) is 3.11. The number of hydrogen-bond donors (Lipinski definition) is 2. The summed E-state index contributed by atoms with van der Waals surface area (Å²) in [7, 11) is 0. The van der Waals surface area contributed by atoms with Gasteiger partial charge in [0.1, 0.15) is 29.4 Å². The summed E-state index contributed by atoms with van der Waals surface area (Å²) in [6, 6.07) is 15.5. The van der Waals surface area contributed by atoms with Gasteiger partial charge >= 0.3 is 5.69 Å². The fourth-order valence-electron chi connectivity index (χ4n) is 6.61. The monoisotopic (exact) mass is 612 g/mol. The third-order valence-corrected chi connectivity index (χ3v) is 8.95. The number of anilines is 1. The Labute approximate surface area is 253 Å². The summed E-state index contributed by atoms with van der Waals surface area (Å²) < 4.78 is 40.3. The van der Waals surface area contributed by atoms with E-state index in [4.69, 9.17) is 10.5 Å². The molecule has 0 radical (unpaired) electrons. The second kappa shape index (κ2) is 11.8. The van der Waals surface area contributed by atoms with Crippen molar-refractivity contribution in [1.82, 2.24) is 34.2 Å². The molecule has 5 heterocycles. The van der Waals surface area contributed by atoms with Crippen LogP contribution < -0.4 is 21.5 Å². The minimum Gasteiger partial charge on any atom is -0.457 e. The lowest BCUT2D eigenvalue weighted by Crippen LogP contribution is -2.61. The first-order chi connectivity index (χ1) is 20.4. The number of fused-ring (bicyclic) bond motifs is 1. The first-order valence-corrected chi connectivity index (χ1v) is 14.5. The lowest BCUT2D eigenvalue weighted by molar-refractivity contribution is -0.117. The fourth-order valence-corrected chi connectivity index (χ4v) is 6.61. The van der Waals surface area contributed by atoms with Gasteiger partial charge in [0.25, 0.3) is 5.92 Å². The number of nitrogens with one attached hydrogen (secondary N) is 1. The van der Waals surface area contributed by atoms with Crippen LogP contribution in [-0.2, 0) is 0 Å². The predicted octanol–water partition coefficient (Wildman–Crippen LogP) is 3.70. The van der Waals surface area contributed by atoms with Crippen LogP contribution >= 0.6 is 12.4 Å². The van der Waals surface area contributed by atoms with Crippen molar-refractivity contribution in [1.29, 1.82) is 0 Å². The maximum Gasteiger partial charge on any atom is 0.335 e. The van der Waals surface area contributed by atoms with Gasteiger partial charge in [0.05, 0.1) is 12.2 Å². The number of nitrogens with zero attached hydrogens (tertiary/aromatic N) is 6. The molecule has 0 saturated carbocycles. The zero-order valence-electron chi connectivity index (χ0n) is 23.6. The first kappa shape index (κ1) is 29.5. The molecule has 1 atom stereocenters.